The van der Waals surface area contributed by atoms with E-state index in [1.54, 1.807) is 6.92 Å². The van der Waals surface area contributed by atoms with E-state index in [4.69, 9.17) is 10.3 Å². The summed E-state index contributed by atoms with van der Waals surface area (Å²) in [6.45, 7) is 1.75. The first kappa shape index (κ1) is 12.7. The molecule has 1 aromatic carbocycles. The summed E-state index contributed by atoms with van der Waals surface area (Å²) in [5.41, 5.74) is 0.919. The molecule has 0 atom stereocenters. The summed E-state index contributed by atoms with van der Waals surface area (Å²) >= 11 is 1.40. The van der Waals surface area contributed by atoms with Gasteiger partial charge in [-0.15, -0.1) is 20.4 Å². The van der Waals surface area contributed by atoms with Crippen LogP contribution < -0.4 is 5.84 Å². The fourth-order valence-electron chi connectivity index (χ4n) is 1.68. The first-order valence-corrected chi connectivity index (χ1v) is 6.90. The lowest BCUT2D eigenvalue weighted by atomic mass is 10.2. The van der Waals surface area contributed by atoms with Crippen molar-refractivity contribution in [2.45, 2.75) is 17.8 Å². The lowest BCUT2D eigenvalue weighted by Gasteiger charge is -2.02. The third-order valence-corrected chi connectivity index (χ3v) is 3.52. The highest BCUT2D eigenvalue weighted by atomic mass is 32.2. The summed E-state index contributed by atoms with van der Waals surface area (Å²) in [4.78, 5) is 0. The van der Waals surface area contributed by atoms with Gasteiger partial charge >= 0.3 is 0 Å². The van der Waals surface area contributed by atoms with Crippen molar-refractivity contribution in [1.29, 1.82) is 0 Å². The van der Waals surface area contributed by atoms with Gasteiger partial charge in [-0.3, -0.25) is 0 Å². The molecule has 0 saturated heterocycles. The number of hydrogen-bond donors (Lipinski definition) is 1. The van der Waals surface area contributed by atoms with Gasteiger partial charge in [-0.05, 0) is 0 Å². The van der Waals surface area contributed by atoms with Crippen LogP contribution in [0.25, 0.3) is 11.4 Å². The Morgan fingerprint density at radius 1 is 1.15 bits per heavy atom. The molecule has 2 heterocycles. The van der Waals surface area contributed by atoms with Gasteiger partial charge < -0.3 is 10.3 Å². The summed E-state index contributed by atoms with van der Waals surface area (Å²) in [5.74, 6) is 8.21. The van der Waals surface area contributed by atoms with Gasteiger partial charge in [0.05, 0.1) is 5.75 Å². The largest absolute Gasteiger partial charge is 0.425 e. The third kappa shape index (κ3) is 2.50. The fourth-order valence-corrected chi connectivity index (χ4v) is 2.38. The Bertz CT molecular complexity index is 708. The minimum atomic E-state index is 0.505. The van der Waals surface area contributed by atoms with Gasteiger partial charge in [0.15, 0.2) is 5.82 Å². The van der Waals surface area contributed by atoms with Gasteiger partial charge in [0, 0.05) is 12.5 Å². The normalized spacial score (nSPS) is 10.8. The molecule has 0 aliphatic heterocycles. The van der Waals surface area contributed by atoms with Crippen LogP contribution in [0.1, 0.15) is 11.8 Å². The number of aryl methyl sites for hydroxylation is 1. The molecule has 3 rings (SSSR count). The maximum atomic E-state index is 6.01. The number of benzene rings is 1. The molecule has 0 amide bonds. The Morgan fingerprint density at radius 2 is 1.95 bits per heavy atom. The van der Waals surface area contributed by atoms with Crippen LogP contribution >= 0.6 is 11.8 Å². The number of nitrogen functional groups attached to an aromatic ring is 1. The van der Waals surface area contributed by atoms with E-state index in [1.165, 1.54) is 16.4 Å². The molecule has 8 heteroatoms. The lowest BCUT2D eigenvalue weighted by molar-refractivity contribution is 0.485. The number of aromatic nitrogens is 5. The van der Waals surface area contributed by atoms with E-state index in [0.29, 0.717) is 28.5 Å². The summed E-state index contributed by atoms with van der Waals surface area (Å²) in [6.07, 6.45) is 0. The van der Waals surface area contributed by atoms with E-state index in [0.717, 1.165) is 5.56 Å². The van der Waals surface area contributed by atoms with Crippen molar-refractivity contribution in [2.75, 3.05) is 5.84 Å². The Labute approximate surface area is 119 Å². The smallest absolute Gasteiger partial charge is 0.226 e. The lowest BCUT2D eigenvalue weighted by Crippen LogP contribution is -2.11. The molecule has 102 valence electrons. The molecule has 0 aliphatic carbocycles. The number of rotatable bonds is 4. The molecule has 20 heavy (non-hydrogen) atoms. The van der Waals surface area contributed by atoms with Crippen molar-refractivity contribution in [3.63, 3.8) is 0 Å². The SMILES string of the molecule is Cc1nnc(CSc2nnc(-c3ccccc3)n2N)o1. The zero-order valence-corrected chi connectivity index (χ0v) is 11.5. The molecule has 0 unspecified atom stereocenters. The van der Waals surface area contributed by atoms with Gasteiger partial charge in [0.25, 0.3) is 0 Å². The first-order chi connectivity index (χ1) is 9.74. The van der Waals surface area contributed by atoms with Crippen LogP contribution in [0.3, 0.4) is 0 Å². The average molecular weight is 288 g/mol. The quantitative estimate of drug-likeness (QED) is 0.576. The second-order valence-electron chi connectivity index (χ2n) is 4.05. The Morgan fingerprint density at radius 3 is 2.65 bits per heavy atom. The van der Waals surface area contributed by atoms with E-state index in [1.807, 2.05) is 30.3 Å². The highest BCUT2D eigenvalue weighted by Gasteiger charge is 2.13. The van der Waals surface area contributed by atoms with Crippen LogP contribution in [-0.4, -0.2) is 25.1 Å². The summed E-state index contributed by atoms with van der Waals surface area (Å²) < 4.78 is 6.76. The molecule has 0 radical (unpaired) electrons. The van der Waals surface area contributed by atoms with Crippen LogP contribution in [-0.2, 0) is 5.75 Å². The molecule has 0 bridgehead atoms. The molecule has 0 fully saturated rings. The average Bonchev–Trinajstić information content (AvgIpc) is 3.04. The van der Waals surface area contributed by atoms with E-state index < -0.39 is 0 Å². The molecular weight excluding hydrogens is 276 g/mol. The topological polar surface area (TPSA) is 95.7 Å². The van der Waals surface area contributed by atoms with Crippen LogP contribution in [0.4, 0.5) is 0 Å². The molecule has 0 spiro atoms. The number of thioether (sulfide) groups is 1. The van der Waals surface area contributed by atoms with Crippen molar-refractivity contribution in [3.05, 3.63) is 42.1 Å². The Kier molecular flexibility index (Phi) is 3.38. The highest BCUT2D eigenvalue weighted by molar-refractivity contribution is 7.98. The van der Waals surface area contributed by atoms with Crippen LogP contribution in [0.15, 0.2) is 39.9 Å². The van der Waals surface area contributed by atoms with Crippen molar-refractivity contribution < 1.29 is 4.42 Å². The molecular formula is C12H12N6OS. The minimum Gasteiger partial charge on any atom is -0.425 e. The van der Waals surface area contributed by atoms with Gasteiger partial charge in [0.2, 0.25) is 16.9 Å². The second kappa shape index (κ2) is 5.33. The predicted molar refractivity (Wildman–Crippen MR) is 74.2 cm³/mol. The fraction of sp³-hybridized carbons (Fsp3) is 0.167. The van der Waals surface area contributed by atoms with E-state index in [-0.39, 0.29) is 0 Å². The first-order valence-electron chi connectivity index (χ1n) is 5.92. The highest BCUT2D eigenvalue weighted by Crippen LogP contribution is 2.23. The monoisotopic (exact) mass is 288 g/mol. The van der Waals surface area contributed by atoms with Crippen molar-refractivity contribution in [1.82, 2.24) is 25.1 Å². The minimum absolute atomic E-state index is 0.505. The van der Waals surface area contributed by atoms with Gasteiger partial charge in [0.1, 0.15) is 0 Å². The summed E-state index contributed by atoms with van der Waals surface area (Å²) in [5, 5.41) is 16.5. The molecule has 3 aromatic rings. The van der Waals surface area contributed by atoms with Crippen LogP contribution in [0, 0.1) is 6.92 Å². The number of nitrogens with two attached hydrogens (primary N) is 1. The number of hydrogen-bond acceptors (Lipinski definition) is 7. The van der Waals surface area contributed by atoms with Crippen molar-refractivity contribution >= 4 is 11.8 Å². The van der Waals surface area contributed by atoms with E-state index in [9.17, 15) is 0 Å². The summed E-state index contributed by atoms with van der Waals surface area (Å²) in [6, 6.07) is 9.66. The van der Waals surface area contributed by atoms with Gasteiger partial charge in [-0.2, -0.15) is 0 Å². The molecule has 7 nitrogen and oxygen atoms in total. The zero-order valence-electron chi connectivity index (χ0n) is 10.7. The maximum absolute atomic E-state index is 6.01. The Hall–Kier alpha value is -2.35. The zero-order chi connectivity index (χ0) is 13.9. The van der Waals surface area contributed by atoms with Crippen LogP contribution in [0.2, 0.25) is 0 Å². The van der Waals surface area contributed by atoms with Crippen molar-refractivity contribution in [2.24, 2.45) is 0 Å². The van der Waals surface area contributed by atoms with Gasteiger partial charge in [-0.25, -0.2) is 4.68 Å². The molecule has 0 saturated carbocycles. The van der Waals surface area contributed by atoms with E-state index in [2.05, 4.69) is 20.4 Å². The van der Waals surface area contributed by atoms with Crippen LogP contribution in [0.5, 0.6) is 0 Å². The molecule has 2 N–H and O–H groups in total. The maximum Gasteiger partial charge on any atom is 0.226 e. The standard InChI is InChI=1S/C12H12N6OS/c1-8-14-15-10(19-8)7-20-12-17-16-11(18(12)13)9-5-3-2-4-6-9/h2-6H,7,13H2,1H3. The second-order valence-corrected chi connectivity index (χ2v) is 4.99. The van der Waals surface area contributed by atoms with Crippen molar-refractivity contribution in [3.8, 4) is 11.4 Å². The third-order valence-electron chi connectivity index (χ3n) is 2.59. The Balaban J connectivity index is 1.77. The number of nitrogens with zero attached hydrogens (tertiary/aromatic N) is 5. The van der Waals surface area contributed by atoms with Gasteiger partial charge in [-0.1, -0.05) is 42.1 Å². The molecule has 2 aromatic heterocycles. The molecule has 0 aliphatic rings. The predicted octanol–water partition coefficient (Wildman–Crippen LogP) is 1.64. The van der Waals surface area contributed by atoms with E-state index >= 15 is 0 Å². The summed E-state index contributed by atoms with van der Waals surface area (Å²) in [7, 11) is 0.